The fraction of sp³-hybridized carbons (Fsp3) is 0.269. The molecule has 0 aliphatic carbocycles. The van der Waals surface area contributed by atoms with Crippen molar-refractivity contribution in [3.8, 4) is 0 Å². The van der Waals surface area contributed by atoms with Crippen LogP contribution in [0.1, 0.15) is 35.5 Å². The fourth-order valence-electron chi connectivity index (χ4n) is 5.96. The van der Waals surface area contributed by atoms with E-state index in [0.717, 1.165) is 49.2 Å². The van der Waals surface area contributed by atoms with Crippen LogP contribution in [0.4, 0.5) is 0 Å². The van der Waals surface area contributed by atoms with Gasteiger partial charge in [-0.25, -0.2) is 0 Å². The Hall–Kier alpha value is -3.43. The van der Waals surface area contributed by atoms with Gasteiger partial charge in [0.1, 0.15) is 12.3 Å². The Balaban J connectivity index is 1.69. The first-order chi connectivity index (χ1) is 16.4. The van der Waals surface area contributed by atoms with Gasteiger partial charge in [-0.15, -0.1) is 0 Å². The van der Waals surface area contributed by atoms with E-state index in [1.165, 1.54) is 6.92 Å². The lowest BCUT2D eigenvalue weighted by Crippen LogP contribution is -2.57. The highest BCUT2D eigenvalue weighted by Gasteiger charge is 2.45. The Morgan fingerprint density at radius 1 is 1.12 bits per heavy atom. The standard InChI is InChI=1S/C26H24N4O4/c1-26(33)24(31)15(27)10-18(34-26)30-17-9-5-3-7-13(17)20-21-14(11-28-25(21)32)19-12-6-2-4-8-16(12)29-22(19)23(20)30/h2-9,15,18,24,29,31,33H,10-11,27H2,1H3,(H,28,32). The van der Waals surface area contributed by atoms with E-state index in [9.17, 15) is 15.0 Å². The van der Waals surface area contributed by atoms with Crippen LogP contribution in [-0.2, 0) is 11.3 Å². The second kappa shape index (κ2) is 6.58. The van der Waals surface area contributed by atoms with Crippen molar-refractivity contribution in [3.63, 3.8) is 0 Å². The minimum atomic E-state index is -1.81. The number of aromatic amines is 1. The number of aromatic nitrogens is 2. The van der Waals surface area contributed by atoms with E-state index >= 15 is 0 Å². The average molecular weight is 457 g/mol. The molecule has 8 heteroatoms. The van der Waals surface area contributed by atoms with Gasteiger partial charge in [0.25, 0.3) is 5.91 Å². The molecular formula is C26H24N4O4. The van der Waals surface area contributed by atoms with Crippen molar-refractivity contribution in [2.45, 2.75) is 44.1 Å². The molecule has 5 aromatic rings. The van der Waals surface area contributed by atoms with Gasteiger partial charge in [0.15, 0.2) is 5.79 Å². The van der Waals surface area contributed by atoms with Crippen molar-refractivity contribution in [2.24, 2.45) is 5.73 Å². The Morgan fingerprint density at radius 2 is 1.85 bits per heavy atom. The van der Waals surface area contributed by atoms with Crippen LogP contribution in [0, 0.1) is 0 Å². The van der Waals surface area contributed by atoms with E-state index in [4.69, 9.17) is 10.5 Å². The Labute approximate surface area is 193 Å². The summed E-state index contributed by atoms with van der Waals surface area (Å²) >= 11 is 0. The van der Waals surface area contributed by atoms with Crippen LogP contribution in [0.15, 0.2) is 48.5 Å². The number of para-hydroxylation sites is 2. The molecule has 6 N–H and O–H groups in total. The van der Waals surface area contributed by atoms with Crippen molar-refractivity contribution < 1.29 is 19.7 Å². The first-order valence-corrected chi connectivity index (χ1v) is 11.5. The lowest BCUT2D eigenvalue weighted by molar-refractivity contribution is -0.308. The number of amides is 1. The van der Waals surface area contributed by atoms with Crippen molar-refractivity contribution in [2.75, 3.05) is 0 Å². The monoisotopic (exact) mass is 456 g/mol. The highest BCUT2D eigenvalue weighted by molar-refractivity contribution is 6.30. The molecule has 4 atom stereocenters. The molecule has 4 unspecified atom stereocenters. The first kappa shape index (κ1) is 20.0. The lowest BCUT2D eigenvalue weighted by atomic mass is 9.96. The van der Waals surface area contributed by atoms with Crippen LogP contribution in [-0.4, -0.2) is 43.6 Å². The van der Waals surface area contributed by atoms with Crippen molar-refractivity contribution in [1.29, 1.82) is 0 Å². The molecule has 1 amide bonds. The summed E-state index contributed by atoms with van der Waals surface area (Å²) in [5.41, 5.74) is 11.5. The molecule has 1 fully saturated rings. The maximum Gasteiger partial charge on any atom is 0.252 e. The van der Waals surface area contributed by atoms with Gasteiger partial charge >= 0.3 is 0 Å². The number of carbonyl (C=O) groups is 1. The predicted octanol–water partition coefficient (Wildman–Crippen LogP) is 2.99. The third-order valence-electron chi connectivity index (χ3n) is 7.45. The van der Waals surface area contributed by atoms with Gasteiger partial charge in [-0.2, -0.15) is 0 Å². The van der Waals surface area contributed by atoms with E-state index in [2.05, 4.69) is 16.4 Å². The zero-order valence-electron chi connectivity index (χ0n) is 18.5. The molecule has 2 aliphatic heterocycles. The summed E-state index contributed by atoms with van der Waals surface area (Å²) in [6.07, 6.45) is -1.55. The number of ether oxygens (including phenoxy) is 1. The van der Waals surface area contributed by atoms with Crippen molar-refractivity contribution in [3.05, 3.63) is 59.7 Å². The summed E-state index contributed by atoms with van der Waals surface area (Å²) in [6.45, 7) is 1.90. The van der Waals surface area contributed by atoms with E-state index in [-0.39, 0.29) is 5.91 Å². The van der Waals surface area contributed by atoms with Crippen LogP contribution in [0.25, 0.3) is 43.6 Å². The second-order valence-corrected chi connectivity index (χ2v) is 9.54. The third-order valence-corrected chi connectivity index (χ3v) is 7.45. The topological polar surface area (TPSA) is 126 Å². The normalized spacial score (nSPS) is 27.2. The molecule has 0 spiro atoms. The quantitative estimate of drug-likeness (QED) is 0.265. The number of carbonyl (C=O) groups excluding carboxylic acids is 1. The second-order valence-electron chi connectivity index (χ2n) is 9.54. The van der Waals surface area contributed by atoms with Gasteiger partial charge in [0.2, 0.25) is 0 Å². The van der Waals surface area contributed by atoms with Crippen LogP contribution in [0.3, 0.4) is 0 Å². The molecule has 2 aromatic heterocycles. The van der Waals surface area contributed by atoms with Crippen molar-refractivity contribution in [1.82, 2.24) is 14.9 Å². The number of fused-ring (bicyclic) bond motifs is 10. The Kier molecular flexibility index (Phi) is 3.87. The highest BCUT2D eigenvalue weighted by atomic mass is 16.7. The number of benzene rings is 3. The third kappa shape index (κ3) is 2.43. The molecule has 4 heterocycles. The number of hydrogen-bond acceptors (Lipinski definition) is 5. The number of hydrogen-bond donors (Lipinski definition) is 5. The molecule has 8 nitrogen and oxygen atoms in total. The van der Waals surface area contributed by atoms with Gasteiger partial charge < -0.3 is 35.6 Å². The number of nitrogens with zero attached hydrogens (tertiary/aromatic N) is 1. The van der Waals surface area contributed by atoms with Gasteiger partial charge in [0.05, 0.1) is 22.1 Å². The zero-order chi connectivity index (χ0) is 23.4. The number of aliphatic hydroxyl groups excluding tert-OH is 1. The number of aliphatic hydroxyl groups is 2. The maximum absolute atomic E-state index is 13.2. The molecule has 2 aliphatic rings. The van der Waals surface area contributed by atoms with E-state index < -0.39 is 24.2 Å². The number of nitrogens with one attached hydrogen (secondary N) is 2. The van der Waals surface area contributed by atoms with E-state index in [1.807, 2.05) is 47.0 Å². The summed E-state index contributed by atoms with van der Waals surface area (Å²) in [7, 11) is 0. The number of H-pyrrole nitrogens is 1. The minimum absolute atomic E-state index is 0.0984. The van der Waals surface area contributed by atoms with Crippen molar-refractivity contribution >= 4 is 49.5 Å². The van der Waals surface area contributed by atoms with E-state index in [0.29, 0.717) is 18.5 Å². The molecule has 1 saturated heterocycles. The van der Waals surface area contributed by atoms with Crippen LogP contribution < -0.4 is 11.1 Å². The van der Waals surface area contributed by atoms with Crippen LogP contribution in [0.2, 0.25) is 0 Å². The molecular weight excluding hydrogens is 432 g/mol. The summed E-state index contributed by atoms with van der Waals surface area (Å²) in [4.78, 5) is 16.7. The van der Waals surface area contributed by atoms with Gasteiger partial charge in [0, 0.05) is 46.1 Å². The SMILES string of the molecule is CC1(O)OC(n2c3ccccc3c3c4c(c5c6ccccc6[nH]c5c32)CNC4=O)CC(N)C1O. The highest BCUT2D eigenvalue weighted by Crippen LogP contribution is 2.46. The minimum Gasteiger partial charge on any atom is -0.386 e. The van der Waals surface area contributed by atoms with Gasteiger partial charge in [-0.1, -0.05) is 36.4 Å². The van der Waals surface area contributed by atoms with Crippen LogP contribution >= 0.6 is 0 Å². The number of nitrogens with two attached hydrogens (primary N) is 1. The van der Waals surface area contributed by atoms with Gasteiger partial charge in [-0.3, -0.25) is 4.79 Å². The molecule has 7 rings (SSSR count). The first-order valence-electron chi connectivity index (χ1n) is 11.5. The molecule has 0 radical (unpaired) electrons. The molecule has 0 saturated carbocycles. The molecule has 34 heavy (non-hydrogen) atoms. The van der Waals surface area contributed by atoms with Gasteiger partial charge in [-0.05, 0) is 24.6 Å². The summed E-state index contributed by atoms with van der Waals surface area (Å²) in [5, 5.41) is 28.1. The molecule has 172 valence electrons. The van der Waals surface area contributed by atoms with Crippen LogP contribution in [0.5, 0.6) is 0 Å². The maximum atomic E-state index is 13.2. The Morgan fingerprint density at radius 3 is 2.65 bits per heavy atom. The zero-order valence-corrected chi connectivity index (χ0v) is 18.5. The number of rotatable bonds is 1. The predicted molar refractivity (Wildman–Crippen MR) is 129 cm³/mol. The smallest absolute Gasteiger partial charge is 0.252 e. The average Bonchev–Trinajstić information content (AvgIpc) is 3.48. The molecule has 0 bridgehead atoms. The Bertz CT molecular complexity index is 1660. The fourth-order valence-corrected chi connectivity index (χ4v) is 5.96. The molecule has 3 aromatic carbocycles. The lowest BCUT2D eigenvalue weighted by Gasteiger charge is -2.42. The summed E-state index contributed by atoms with van der Waals surface area (Å²) in [5.74, 6) is -1.91. The summed E-state index contributed by atoms with van der Waals surface area (Å²) in [6, 6.07) is 15.3. The van der Waals surface area contributed by atoms with E-state index in [1.54, 1.807) is 0 Å². The largest absolute Gasteiger partial charge is 0.386 e. The summed E-state index contributed by atoms with van der Waals surface area (Å²) < 4.78 is 8.08.